The molecule has 0 unspecified atom stereocenters. The van der Waals surface area contributed by atoms with Crippen molar-refractivity contribution in [3.63, 3.8) is 0 Å². The second kappa shape index (κ2) is 7.85. The second-order valence-electron chi connectivity index (χ2n) is 4.67. The Balaban J connectivity index is 1.97. The van der Waals surface area contributed by atoms with Crippen molar-refractivity contribution in [2.75, 3.05) is 24.3 Å². The third kappa shape index (κ3) is 4.50. The van der Waals surface area contributed by atoms with Crippen LogP contribution < -0.4 is 15.4 Å². The van der Waals surface area contributed by atoms with Gasteiger partial charge >= 0.3 is 0 Å². The quantitative estimate of drug-likeness (QED) is 0.593. The van der Waals surface area contributed by atoms with Gasteiger partial charge in [0, 0.05) is 17.4 Å². The molecular weight excluding hydrogens is 357 g/mol. The number of benzene rings is 2. The fourth-order valence-electron chi connectivity index (χ4n) is 1.89. The van der Waals surface area contributed by atoms with E-state index in [-0.39, 0.29) is 23.2 Å². The molecule has 7 nitrogen and oxygen atoms in total. The maximum absolute atomic E-state index is 11.9. The number of nitrogens with one attached hydrogen (secondary N) is 2. The summed E-state index contributed by atoms with van der Waals surface area (Å²) in [6.45, 7) is -0.0809. The number of rotatable bonds is 6. The topological polar surface area (TPSA) is 93.5 Å². The van der Waals surface area contributed by atoms with Crippen LogP contribution >= 0.6 is 23.2 Å². The Morgan fingerprint density at radius 1 is 1.17 bits per heavy atom. The van der Waals surface area contributed by atoms with Gasteiger partial charge in [0.05, 0.1) is 23.6 Å². The van der Waals surface area contributed by atoms with E-state index in [0.717, 1.165) is 0 Å². The molecular formula is C15H13Cl2N3O4. The van der Waals surface area contributed by atoms with Crippen LogP contribution in [-0.4, -0.2) is 24.5 Å². The zero-order valence-electron chi connectivity index (χ0n) is 12.5. The average Bonchev–Trinajstić information content (AvgIpc) is 2.54. The molecule has 0 aliphatic carbocycles. The van der Waals surface area contributed by atoms with Gasteiger partial charge < -0.3 is 15.4 Å². The van der Waals surface area contributed by atoms with E-state index in [1.165, 1.54) is 19.2 Å². The maximum atomic E-state index is 11.9. The fourth-order valence-corrected chi connectivity index (χ4v) is 2.34. The van der Waals surface area contributed by atoms with Crippen LogP contribution in [0.2, 0.25) is 10.0 Å². The number of carbonyl (C=O) groups is 1. The molecule has 0 radical (unpaired) electrons. The predicted octanol–water partition coefficient (Wildman–Crippen LogP) is 3.96. The molecule has 0 aliphatic heterocycles. The van der Waals surface area contributed by atoms with Crippen LogP contribution in [0.25, 0.3) is 0 Å². The molecule has 0 fully saturated rings. The minimum Gasteiger partial charge on any atom is -0.495 e. The van der Waals surface area contributed by atoms with Crippen LogP contribution in [0.15, 0.2) is 36.4 Å². The second-order valence-corrected chi connectivity index (χ2v) is 5.49. The first-order valence-electron chi connectivity index (χ1n) is 6.72. The summed E-state index contributed by atoms with van der Waals surface area (Å²) in [5, 5.41) is 16.7. The van der Waals surface area contributed by atoms with Crippen molar-refractivity contribution < 1.29 is 14.5 Å². The zero-order valence-corrected chi connectivity index (χ0v) is 14.0. The minimum atomic E-state index is -0.590. The third-order valence-electron chi connectivity index (χ3n) is 3.03. The minimum absolute atomic E-state index is 0.0304. The summed E-state index contributed by atoms with van der Waals surface area (Å²) >= 11 is 11.7. The molecule has 0 heterocycles. The van der Waals surface area contributed by atoms with Crippen LogP contribution in [-0.2, 0) is 4.79 Å². The highest BCUT2D eigenvalue weighted by Crippen LogP contribution is 2.28. The molecule has 0 aromatic heterocycles. The Morgan fingerprint density at radius 3 is 2.50 bits per heavy atom. The number of amides is 1. The summed E-state index contributed by atoms with van der Waals surface area (Å²) in [6.07, 6.45) is 0. The van der Waals surface area contributed by atoms with Crippen molar-refractivity contribution in [1.29, 1.82) is 0 Å². The van der Waals surface area contributed by atoms with E-state index in [2.05, 4.69) is 10.6 Å². The molecule has 9 heteroatoms. The van der Waals surface area contributed by atoms with Crippen molar-refractivity contribution in [3.8, 4) is 5.75 Å². The van der Waals surface area contributed by atoms with E-state index in [1.54, 1.807) is 24.3 Å². The molecule has 2 aromatic carbocycles. The lowest BCUT2D eigenvalue weighted by atomic mass is 10.2. The average molecular weight is 370 g/mol. The van der Waals surface area contributed by atoms with Gasteiger partial charge in [-0.3, -0.25) is 14.9 Å². The van der Waals surface area contributed by atoms with Crippen LogP contribution in [0, 0.1) is 10.1 Å². The largest absolute Gasteiger partial charge is 0.495 e. The van der Waals surface area contributed by atoms with Crippen molar-refractivity contribution in [1.82, 2.24) is 0 Å². The van der Waals surface area contributed by atoms with E-state index in [0.29, 0.717) is 22.1 Å². The third-order valence-corrected chi connectivity index (χ3v) is 3.65. The summed E-state index contributed by atoms with van der Waals surface area (Å²) in [5.74, 6) is 0.162. The predicted molar refractivity (Wildman–Crippen MR) is 93.2 cm³/mol. The Morgan fingerprint density at radius 2 is 1.88 bits per heavy atom. The Kier molecular flexibility index (Phi) is 5.83. The molecule has 2 aromatic rings. The van der Waals surface area contributed by atoms with E-state index in [1.807, 2.05) is 0 Å². The number of nitro benzene ring substituents is 1. The summed E-state index contributed by atoms with van der Waals surface area (Å²) in [5.41, 5.74) is 0.688. The molecule has 0 saturated carbocycles. The van der Waals surface area contributed by atoms with Crippen molar-refractivity contribution in [2.45, 2.75) is 0 Å². The van der Waals surface area contributed by atoms with Gasteiger partial charge in [-0.05, 0) is 30.3 Å². The Bertz CT molecular complexity index is 783. The van der Waals surface area contributed by atoms with Gasteiger partial charge in [-0.1, -0.05) is 23.2 Å². The first-order valence-corrected chi connectivity index (χ1v) is 7.47. The Labute approximate surface area is 147 Å². The maximum Gasteiger partial charge on any atom is 0.289 e. The van der Waals surface area contributed by atoms with Crippen LogP contribution in [0.3, 0.4) is 0 Å². The summed E-state index contributed by atoms with van der Waals surface area (Å²) in [6, 6.07) is 9.05. The monoisotopic (exact) mass is 369 g/mol. The van der Waals surface area contributed by atoms with Gasteiger partial charge in [0.15, 0.2) is 0 Å². The Hall–Kier alpha value is -2.51. The van der Waals surface area contributed by atoms with Crippen molar-refractivity contribution in [2.24, 2.45) is 0 Å². The number of carbonyl (C=O) groups excluding carboxylic acids is 1. The van der Waals surface area contributed by atoms with Crippen LogP contribution in [0.4, 0.5) is 17.1 Å². The molecule has 0 spiro atoms. The van der Waals surface area contributed by atoms with Crippen molar-refractivity contribution >= 4 is 46.2 Å². The lowest BCUT2D eigenvalue weighted by Crippen LogP contribution is -2.21. The standard InChI is InChI=1S/C15H13Cl2N3O4/c1-24-14-5-3-10(6-12(14)17)19-15(21)8-18-9-2-4-11(16)13(7-9)20(22)23/h2-7,18H,8H2,1H3,(H,19,21). The van der Waals surface area contributed by atoms with Crippen LogP contribution in [0.5, 0.6) is 5.75 Å². The number of nitro groups is 1. The van der Waals surface area contributed by atoms with E-state index < -0.39 is 4.92 Å². The summed E-state index contributed by atoms with van der Waals surface area (Å²) < 4.78 is 5.03. The van der Waals surface area contributed by atoms with Crippen molar-refractivity contribution in [3.05, 3.63) is 56.6 Å². The van der Waals surface area contributed by atoms with E-state index in [9.17, 15) is 14.9 Å². The molecule has 0 saturated heterocycles. The normalized spacial score (nSPS) is 10.1. The first-order chi connectivity index (χ1) is 11.4. The summed E-state index contributed by atoms with van der Waals surface area (Å²) in [4.78, 5) is 22.2. The molecule has 126 valence electrons. The number of halogens is 2. The fraction of sp³-hybridized carbons (Fsp3) is 0.133. The zero-order chi connectivity index (χ0) is 17.7. The number of hydrogen-bond acceptors (Lipinski definition) is 5. The molecule has 0 atom stereocenters. The van der Waals surface area contributed by atoms with Gasteiger partial charge in [-0.2, -0.15) is 0 Å². The number of ether oxygens (including phenoxy) is 1. The van der Waals surface area contributed by atoms with E-state index in [4.69, 9.17) is 27.9 Å². The molecule has 2 rings (SSSR count). The molecule has 1 amide bonds. The lowest BCUT2D eigenvalue weighted by Gasteiger charge is -2.09. The first kappa shape index (κ1) is 17.8. The summed E-state index contributed by atoms with van der Waals surface area (Å²) in [7, 11) is 1.49. The molecule has 2 N–H and O–H groups in total. The number of hydrogen-bond donors (Lipinski definition) is 2. The molecule has 24 heavy (non-hydrogen) atoms. The van der Waals surface area contributed by atoms with Gasteiger partial charge in [-0.25, -0.2) is 0 Å². The molecule has 0 aliphatic rings. The lowest BCUT2D eigenvalue weighted by molar-refractivity contribution is -0.384. The molecule has 0 bridgehead atoms. The highest BCUT2D eigenvalue weighted by molar-refractivity contribution is 6.33. The van der Waals surface area contributed by atoms with E-state index >= 15 is 0 Å². The van der Waals surface area contributed by atoms with Gasteiger partial charge in [0.2, 0.25) is 5.91 Å². The number of anilines is 2. The van der Waals surface area contributed by atoms with Gasteiger partial charge in [-0.15, -0.1) is 0 Å². The van der Waals surface area contributed by atoms with Gasteiger partial charge in [0.25, 0.3) is 5.69 Å². The van der Waals surface area contributed by atoms with Crippen LogP contribution in [0.1, 0.15) is 0 Å². The van der Waals surface area contributed by atoms with Gasteiger partial charge in [0.1, 0.15) is 10.8 Å². The number of methoxy groups -OCH3 is 1. The SMILES string of the molecule is COc1ccc(NC(=O)CNc2ccc(Cl)c([N+](=O)[O-])c2)cc1Cl. The smallest absolute Gasteiger partial charge is 0.289 e. The highest BCUT2D eigenvalue weighted by Gasteiger charge is 2.13. The number of nitrogens with zero attached hydrogens (tertiary/aromatic N) is 1. The highest BCUT2D eigenvalue weighted by atomic mass is 35.5.